The molecule has 0 radical (unpaired) electrons. The maximum absolute atomic E-state index is 11.4. The van der Waals surface area contributed by atoms with Gasteiger partial charge in [-0.2, -0.15) is 0 Å². The Morgan fingerprint density at radius 3 is 2.48 bits per heavy atom. The summed E-state index contributed by atoms with van der Waals surface area (Å²) in [7, 11) is -3.20. The van der Waals surface area contributed by atoms with Crippen molar-refractivity contribution >= 4 is 27.4 Å². The summed E-state index contributed by atoms with van der Waals surface area (Å²) in [6, 6.07) is 11.7. The molecule has 8 heteroatoms. The van der Waals surface area contributed by atoms with Gasteiger partial charge in [0.2, 0.25) is 0 Å². The van der Waals surface area contributed by atoms with E-state index in [-0.39, 0.29) is 10.7 Å². The van der Waals surface area contributed by atoms with E-state index in [9.17, 15) is 8.42 Å². The highest BCUT2D eigenvalue weighted by Crippen LogP contribution is 2.27. The van der Waals surface area contributed by atoms with Gasteiger partial charge in [0.15, 0.2) is 15.7 Å². The SMILES string of the molecule is CS(=O)(=O)c1ccc(Sc2cccc(C(N)=NO)n2)cc1. The molecule has 0 fully saturated rings. The lowest BCUT2D eigenvalue weighted by Gasteiger charge is -2.04. The first-order valence-electron chi connectivity index (χ1n) is 5.83. The van der Waals surface area contributed by atoms with Gasteiger partial charge in [-0.15, -0.1) is 0 Å². The highest BCUT2D eigenvalue weighted by molar-refractivity contribution is 7.99. The van der Waals surface area contributed by atoms with Crippen LogP contribution in [-0.4, -0.2) is 30.7 Å². The molecular formula is C13H13N3O3S2. The highest BCUT2D eigenvalue weighted by atomic mass is 32.2. The molecule has 0 saturated heterocycles. The van der Waals surface area contributed by atoms with Gasteiger partial charge in [0.05, 0.1) is 4.90 Å². The van der Waals surface area contributed by atoms with Crippen molar-refractivity contribution in [1.29, 1.82) is 0 Å². The van der Waals surface area contributed by atoms with Crippen molar-refractivity contribution < 1.29 is 13.6 Å². The number of nitrogens with zero attached hydrogens (tertiary/aromatic N) is 2. The molecule has 110 valence electrons. The molecule has 0 bridgehead atoms. The first-order valence-corrected chi connectivity index (χ1v) is 8.54. The van der Waals surface area contributed by atoms with Crippen LogP contribution in [0.25, 0.3) is 0 Å². The van der Waals surface area contributed by atoms with E-state index >= 15 is 0 Å². The van der Waals surface area contributed by atoms with Gasteiger partial charge < -0.3 is 10.9 Å². The Morgan fingerprint density at radius 2 is 1.90 bits per heavy atom. The van der Waals surface area contributed by atoms with E-state index in [4.69, 9.17) is 10.9 Å². The minimum absolute atomic E-state index is 0.0649. The van der Waals surface area contributed by atoms with Crippen LogP contribution in [-0.2, 0) is 9.84 Å². The molecule has 6 nitrogen and oxygen atoms in total. The summed E-state index contributed by atoms with van der Waals surface area (Å²) in [6.45, 7) is 0. The van der Waals surface area contributed by atoms with Crippen molar-refractivity contribution in [3.8, 4) is 0 Å². The summed E-state index contributed by atoms with van der Waals surface area (Å²) in [5.41, 5.74) is 5.86. The van der Waals surface area contributed by atoms with E-state index < -0.39 is 9.84 Å². The molecule has 2 aromatic rings. The molecule has 21 heavy (non-hydrogen) atoms. The number of oxime groups is 1. The predicted molar refractivity (Wildman–Crippen MR) is 80.4 cm³/mol. The third-order valence-electron chi connectivity index (χ3n) is 2.57. The van der Waals surface area contributed by atoms with Gasteiger partial charge in [-0.25, -0.2) is 13.4 Å². The lowest BCUT2D eigenvalue weighted by atomic mass is 10.3. The number of hydrogen-bond acceptors (Lipinski definition) is 6. The summed E-state index contributed by atoms with van der Waals surface area (Å²) in [4.78, 5) is 5.35. The Labute approximate surface area is 126 Å². The molecule has 0 aliphatic rings. The van der Waals surface area contributed by atoms with E-state index in [1.54, 1.807) is 42.5 Å². The summed E-state index contributed by atoms with van der Waals surface area (Å²) in [5, 5.41) is 12.2. The second-order valence-electron chi connectivity index (χ2n) is 4.19. The quantitative estimate of drug-likeness (QED) is 0.384. The summed E-state index contributed by atoms with van der Waals surface area (Å²) >= 11 is 1.35. The average Bonchev–Trinajstić information content (AvgIpc) is 2.46. The van der Waals surface area contributed by atoms with Crippen LogP contribution in [0.4, 0.5) is 0 Å². The third kappa shape index (κ3) is 3.96. The Balaban J connectivity index is 2.23. The number of aromatic nitrogens is 1. The van der Waals surface area contributed by atoms with Crippen molar-refractivity contribution in [3.63, 3.8) is 0 Å². The second-order valence-corrected chi connectivity index (χ2v) is 7.30. The summed E-state index contributed by atoms with van der Waals surface area (Å²) < 4.78 is 22.8. The third-order valence-corrected chi connectivity index (χ3v) is 4.64. The molecule has 3 N–H and O–H groups in total. The van der Waals surface area contributed by atoms with Crippen molar-refractivity contribution in [2.24, 2.45) is 10.9 Å². The molecule has 0 amide bonds. The number of hydrogen-bond donors (Lipinski definition) is 2. The van der Waals surface area contributed by atoms with E-state index in [0.717, 1.165) is 11.2 Å². The topological polar surface area (TPSA) is 106 Å². The van der Waals surface area contributed by atoms with E-state index in [1.807, 2.05) is 0 Å². The molecule has 0 aliphatic carbocycles. The van der Waals surface area contributed by atoms with Crippen LogP contribution in [0, 0.1) is 0 Å². The molecule has 1 aromatic carbocycles. The lowest BCUT2D eigenvalue weighted by molar-refractivity contribution is 0.318. The number of sulfone groups is 1. The maximum atomic E-state index is 11.4. The number of nitrogens with two attached hydrogens (primary N) is 1. The van der Waals surface area contributed by atoms with Crippen molar-refractivity contribution in [3.05, 3.63) is 48.2 Å². The van der Waals surface area contributed by atoms with Crippen molar-refractivity contribution in [2.45, 2.75) is 14.8 Å². The van der Waals surface area contributed by atoms with Crippen LogP contribution in [0.3, 0.4) is 0 Å². The monoisotopic (exact) mass is 323 g/mol. The van der Waals surface area contributed by atoms with Crippen LogP contribution in [0.1, 0.15) is 5.69 Å². The van der Waals surface area contributed by atoms with Gasteiger partial charge in [0.1, 0.15) is 10.7 Å². The normalized spacial score (nSPS) is 12.3. The molecule has 0 aliphatic heterocycles. The van der Waals surface area contributed by atoms with E-state index in [1.165, 1.54) is 11.8 Å². The predicted octanol–water partition coefficient (Wildman–Crippen LogP) is 1.73. The largest absolute Gasteiger partial charge is 0.409 e. The van der Waals surface area contributed by atoms with Crippen LogP contribution in [0.5, 0.6) is 0 Å². The Morgan fingerprint density at radius 1 is 1.24 bits per heavy atom. The standard InChI is InChI=1S/C13H13N3O3S2/c1-21(18,19)10-7-5-9(6-8-10)20-12-4-2-3-11(15-12)13(14)16-17/h2-8,17H,1H3,(H2,14,16). The molecule has 0 spiro atoms. The van der Waals surface area contributed by atoms with Gasteiger partial charge in [-0.05, 0) is 36.4 Å². The molecule has 2 rings (SSSR count). The van der Waals surface area contributed by atoms with Crippen molar-refractivity contribution in [1.82, 2.24) is 4.98 Å². The molecule has 0 saturated carbocycles. The van der Waals surface area contributed by atoms with Crippen molar-refractivity contribution in [2.75, 3.05) is 6.26 Å². The van der Waals surface area contributed by atoms with Crippen LogP contribution in [0.15, 0.2) is 62.4 Å². The zero-order valence-electron chi connectivity index (χ0n) is 11.1. The van der Waals surface area contributed by atoms with Gasteiger partial charge >= 0.3 is 0 Å². The fourth-order valence-corrected chi connectivity index (χ4v) is 2.98. The fourth-order valence-electron chi connectivity index (χ4n) is 1.54. The van der Waals surface area contributed by atoms with Gasteiger partial charge in [-0.1, -0.05) is 23.0 Å². The van der Waals surface area contributed by atoms with E-state index in [2.05, 4.69) is 10.1 Å². The van der Waals surface area contributed by atoms with Crippen LogP contribution >= 0.6 is 11.8 Å². The molecular weight excluding hydrogens is 310 g/mol. The number of rotatable bonds is 4. The zero-order chi connectivity index (χ0) is 15.5. The minimum atomic E-state index is -3.20. The van der Waals surface area contributed by atoms with E-state index in [0.29, 0.717) is 10.7 Å². The average molecular weight is 323 g/mol. The number of pyridine rings is 1. The smallest absolute Gasteiger partial charge is 0.188 e. The lowest BCUT2D eigenvalue weighted by Crippen LogP contribution is -2.14. The zero-order valence-corrected chi connectivity index (χ0v) is 12.7. The minimum Gasteiger partial charge on any atom is -0.409 e. The second kappa shape index (κ2) is 6.15. The number of amidine groups is 1. The molecule has 0 unspecified atom stereocenters. The Kier molecular flexibility index (Phi) is 4.49. The fraction of sp³-hybridized carbons (Fsp3) is 0.0769. The first-order chi connectivity index (χ1) is 9.90. The molecule has 1 heterocycles. The first kappa shape index (κ1) is 15.3. The van der Waals surface area contributed by atoms with Gasteiger partial charge in [0, 0.05) is 11.2 Å². The van der Waals surface area contributed by atoms with Gasteiger partial charge in [-0.3, -0.25) is 0 Å². The summed E-state index contributed by atoms with van der Waals surface area (Å²) in [6.07, 6.45) is 1.16. The Bertz CT molecular complexity index is 772. The van der Waals surface area contributed by atoms with Gasteiger partial charge in [0.25, 0.3) is 0 Å². The molecule has 0 atom stereocenters. The highest BCUT2D eigenvalue weighted by Gasteiger charge is 2.08. The van der Waals surface area contributed by atoms with Crippen LogP contribution < -0.4 is 5.73 Å². The maximum Gasteiger partial charge on any atom is 0.188 e. The van der Waals surface area contributed by atoms with Crippen LogP contribution in [0.2, 0.25) is 0 Å². The molecule has 1 aromatic heterocycles. The summed E-state index contributed by atoms with van der Waals surface area (Å²) in [5.74, 6) is -0.0649. The Hall–Kier alpha value is -2.06. The number of benzene rings is 1.